The Hall–Kier alpha value is -1.76. The van der Waals surface area contributed by atoms with E-state index >= 15 is 0 Å². The summed E-state index contributed by atoms with van der Waals surface area (Å²) in [6.45, 7) is 11.0. The highest BCUT2D eigenvalue weighted by Crippen LogP contribution is 2.31. The van der Waals surface area contributed by atoms with E-state index in [2.05, 4.69) is 82.0 Å². The third kappa shape index (κ3) is 2.98. The SMILES string of the molecule is Cc1cccc(N(c2cc(C)ccc2C)C(C)C)c1. The van der Waals surface area contributed by atoms with Crippen molar-refractivity contribution in [1.82, 2.24) is 0 Å². The fourth-order valence-electron chi connectivity index (χ4n) is 2.47. The zero-order chi connectivity index (χ0) is 14.0. The molecule has 0 atom stereocenters. The molecule has 2 aromatic rings. The molecule has 2 aromatic carbocycles. The van der Waals surface area contributed by atoms with Crippen molar-refractivity contribution in [2.45, 2.75) is 40.7 Å². The number of aryl methyl sites for hydroxylation is 3. The molecule has 0 radical (unpaired) electrons. The van der Waals surface area contributed by atoms with Gasteiger partial charge in [0.15, 0.2) is 0 Å². The molecule has 0 spiro atoms. The van der Waals surface area contributed by atoms with E-state index in [0.29, 0.717) is 6.04 Å². The first kappa shape index (κ1) is 13.7. The van der Waals surface area contributed by atoms with Crippen molar-refractivity contribution in [3.8, 4) is 0 Å². The van der Waals surface area contributed by atoms with Crippen LogP contribution in [-0.2, 0) is 0 Å². The average Bonchev–Trinajstić information content (AvgIpc) is 2.33. The molecule has 0 fully saturated rings. The maximum absolute atomic E-state index is 2.41. The van der Waals surface area contributed by atoms with Gasteiger partial charge >= 0.3 is 0 Å². The van der Waals surface area contributed by atoms with Crippen molar-refractivity contribution in [1.29, 1.82) is 0 Å². The van der Waals surface area contributed by atoms with Gasteiger partial charge in [0, 0.05) is 17.4 Å². The fraction of sp³-hybridized carbons (Fsp3) is 0.333. The minimum Gasteiger partial charge on any atom is -0.339 e. The van der Waals surface area contributed by atoms with E-state index in [-0.39, 0.29) is 0 Å². The summed E-state index contributed by atoms with van der Waals surface area (Å²) in [7, 11) is 0. The van der Waals surface area contributed by atoms with Gasteiger partial charge in [-0.15, -0.1) is 0 Å². The van der Waals surface area contributed by atoms with Crippen LogP contribution in [0.4, 0.5) is 11.4 Å². The molecular weight excluding hydrogens is 230 g/mol. The third-order valence-electron chi connectivity index (χ3n) is 3.42. The molecule has 100 valence electrons. The van der Waals surface area contributed by atoms with Crippen molar-refractivity contribution in [2.75, 3.05) is 4.90 Å². The third-order valence-corrected chi connectivity index (χ3v) is 3.42. The highest BCUT2D eigenvalue weighted by atomic mass is 15.2. The molecule has 0 saturated carbocycles. The summed E-state index contributed by atoms with van der Waals surface area (Å²) in [5, 5.41) is 0. The van der Waals surface area contributed by atoms with E-state index in [1.54, 1.807) is 0 Å². The lowest BCUT2D eigenvalue weighted by Crippen LogP contribution is -2.26. The van der Waals surface area contributed by atoms with Crippen LogP contribution in [0.5, 0.6) is 0 Å². The second-order valence-corrected chi connectivity index (χ2v) is 5.59. The Kier molecular flexibility index (Phi) is 3.94. The van der Waals surface area contributed by atoms with Gasteiger partial charge < -0.3 is 4.90 Å². The molecule has 19 heavy (non-hydrogen) atoms. The lowest BCUT2D eigenvalue weighted by Gasteiger charge is -2.31. The fourth-order valence-corrected chi connectivity index (χ4v) is 2.47. The first-order valence-electron chi connectivity index (χ1n) is 6.92. The van der Waals surface area contributed by atoms with E-state index < -0.39 is 0 Å². The molecule has 1 nitrogen and oxygen atoms in total. The van der Waals surface area contributed by atoms with Crippen LogP contribution in [0.1, 0.15) is 30.5 Å². The number of rotatable bonds is 3. The predicted molar refractivity (Wildman–Crippen MR) is 84.4 cm³/mol. The molecule has 0 saturated heterocycles. The average molecular weight is 253 g/mol. The number of hydrogen-bond acceptors (Lipinski definition) is 1. The minimum atomic E-state index is 0.433. The minimum absolute atomic E-state index is 0.433. The monoisotopic (exact) mass is 253 g/mol. The van der Waals surface area contributed by atoms with E-state index in [1.165, 1.54) is 28.1 Å². The smallest absolute Gasteiger partial charge is 0.0445 e. The number of hydrogen-bond donors (Lipinski definition) is 0. The standard InChI is InChI=1S/C18H23N/c1-13(2)19(17-8-6-7-14(3)11-17)18-12-15(4)9-10-16(18)5/h6-13H,1-5H3. The first-order chi connectivity index (χ1) is 8.99. The summed E-state index contributed by atoms with van der Waals surface area (Å²) in [5.74, 6) is 0. The Bertz CT molecular complexity index is 570. The molecule has 0 aliphatic rings. The molecule has 0 heterocycles. The van der Waals surface area contributed by atoms with Gasteiger partial charge in [0.05, 0.1) is 0 Å². The lowest BCUT2D eigenvalue weighted by molar-refractivity contribution is 0.785. The van der Waals surface area contributed by atoms with Gasteiger partial charge in [0.1, 0.15) is 0 Å². The van der Waals surface area contributed by atoms with Gasteiger partial charge in [-0.25, -0.2) is 0 Å². The van der Waals surface area contributed by atoms with E-state index in [4.69, 9.17) is 0 Å². The van der Waals surface area contributed by atoms with Crippen LogP contribution >= 0.6 is 0 Å². The molecule has 1 heteroatoms. The van der Waals surface area contributed by atoms with Gasteiger partial charge in [-0.3, -0.25) is 0 Å². The summed E-state index contributed by atoms with van der Waals surface area (Å²) in [6.07, 6.45) is 0. The first-order valence-corrected chi connectivity index (χ1v) is 6.92. The molecule has 0 aliphatic heterocycles. The molecule has 0 N–H and O–H groups in total. The zero-order valence-electron chi connectivity index (χ0n) is 12.6. The number of benzene rings is 2. The van der Waals surface area contributed by atoms with E-state index in [0.717, 1.165) is 0 Å². The summed E-state index contributed by atoms with van der Waals surface area (Å²) >= 11 is 0. The lowest BCUT2D eigenvalue weighted by atomic mass is 10.1. The second-order valence-electron chi connectivity index (χ2n) is 5.59. The number of anilines is 2. The summed E-state index contributed by atoms with van der Waals surface area (Å²) < 4.78 is 0. The maximum Gasteiger partial charge on any atom is 0.0445 e. The Morgan fingerprint density at radius 2 is 1.53 bits per heavy atom. The normalized spacial score (nSPS) is 10.8. The van der Waals surface area contributed by atoms with Crippen LogP contribution in [-0.4, -0.2) is 6.04 Å². The second kappa shape index (κ2) is 5.48. The topological polar surface area (TPSA) is 3.24 Å². The van der Waals surface area contributed by atoms with Crippen LogP contribution < -0.4 is 4.90 Å². The van der Waals surface area contributed by atoms with Crippen LogP contribution in [0.2, 0.25) is 0 Å². The van der Waals surface area contributed by atoms with E-state index in [9.17, 15) is 0 Å². The molecular formula is C18H23N. The molecule has 0 aromatic heterocycles. The van der Waals surface area contributed by atoms with Gasteiger partial charge in [0.25, 0.3) is 0 Å². The molecule has 2 rings (SSSR count). The van der Waals surface area contributed by atoms with Gasteiger partial charge in [-0.1, -0.05) is 24.3 Å². The highest BCUT2D eigenvalue weighted by Gasteiger charge is 2.15. The zero-order valence-corrected chi connectivity index (χ0v) is 12.6. The van der Waals surface area contributed by atoms with Crippen molar-refractivity contribution >= 4 is 11.4 Å². The summed E-state index contributed by atoms with van der Waals surface area (Å²) in [6, 6.07) is 15.8. The van der Waals surface area contributed by atoms with Crippen LogP contribution in [0.3, 0.4) is 0 Å². The number of nitrogens with zero attached hydrogens (tertiary/aromatic N) is 1. The molecule has 0 amide bonds. The largest absolute Gasteiger partial charge is 0.339 e. The van der Waals surface area contributed by atoms with E-state index in [1.807, 2.05) is 0 Å². The maximum atomic E-state index is 2.41. The van der Waals surface area contributed by atoms with Crippen molar-refractivity contribution in [3.05, 3.63) is 59.2 Å². The van der Waals surface area contributed by atoms with Crippen LogP contribution in [0, 0.1) is 20.8 Å². The predicted octanol–water partition coefficient (Wildman–Crippen LogP) is 5.16. The molecule has 0 aliphatic carbocycles. The summed E-state index contributed by atoms with van der Waals surface area (Å²) in [5.41, 5.74) is 6.50. The molecule has 0 unspecified atom stereocenters. The van der Waals surface area contributed by atoms with Crippen molar-refractivity contribution in [2.24, 2.45) is 0 Å². The van der Waals surface area contributed by atoms with Crippen molar-refractivity contribution in [3.63, 3.8) is 0 Å². The van der Waals surface area contributed by atoms with Crippen LogP contribution in [0.15, 0.2) is 42.5 Å². The summed E-state index contributed by atoms with van der Waals surface area (Å²) in [4.78, 5) is 2.41. The quantitative estimate of drug-likeness (QED) is 0.730. The van der Waals surface area contributed by atoms with Gasteiger partial charge in [-0.05, 0) is 69.5 Å². The Balaban J connectivity index is 2.55. The Labute approximate surface area is 116 Å². The molecule has 0 bridgehead atoms. The highest BCUT2D eigenvalue weighted by molar-refractivity contribution is 5.68. The van der Waals surface area contributed by atoms with Gasteiger partial charge in [0.2, 0.25) is 0 Å². The Morgan fingerprint density at radius 3 is 2.16 bits per heavy atom. The van der Waals surface area contributed by atoms with Gasteiger partial charge in [-0.2, -0.15) is 0 Å². The van der Waals surface area contributed by atoms with Crippen molar-refractivity contribution < 1.29 is 0 Å². The van der Waals surface area contributed by atoms with Crippen LogP contribution in [0.25, 0.3) is 0 Å². The Morgan fingerprint density at radius 1 is 0.842 bits per heavy atom.